The molecule has 1 aromatic carbocycles. The monoisotopic (exact) mass is 367 g/mol. The number of nitrogens with zero attached hydrogens (tertiary/aromatic N) is 2. The van der Waals surface area contributed by atoms with Gasteiger partial charge in [-0.25, -0.2) is 0 Å². The highest BCUT2D eigenvalue weighted by Crippen LogP contribution is 2.18. The lowest BCUT2D eigenvalue weighted by Crippen LogP contribution is -2.36. The highest BCUT2D eigenvalue weighted by Gasteiger charge is 2.16. The van der Waals surface area contributed by atoms with Gasteiger partial charge in [-0.3, -0.25) is 19.8 Å². The summed E-state index contributed by atoms with van der Waals surface area (Å²) in [6.07, 6.45) is 0. The molecule has 2 heterocycles. The van der Waals surface area contributed by atoms with Crippen LogP contribution in [0.1, 0.15) is 0 Å². The molecule has 0 radical (unpaired) electrons. The van der Waals surface area contributed by atoms with Crippen LogP contribution in [0.4, 0.5) is 0 Å². The number of aliphatic hydroxyl groups excluding tert-OH is 1. The standard InChI is InChI=1S/C11H6ClN3O3.C5H14NO/c12-6-1-2-8-5(3-6)4-7-9(15(8)18)11(17)14-13-10(7)16;1-6(2,3)4-5-7/h1-4H,(H,13,16)(H,14,17);7H,4-5H2,1-3H3/q;+1. The van der Waals surface area contributed by atoms with Gasteiger partial charge < -0.3 is 14.8 Å². The summed E-state index contributed by atoms with van der Waals surface area (Å²) in [7, 11) is 6.16. The number of H-pyrrole nitrogens is 2. The number of fused-ring (bicyclic) bond motifs is 2. The molecule has 0 bridgehead atoms. The molecule has 0 saturated heterocycles. The van der Waals surface area contributed by atoms with Gasteiger partial charge in [-0.1, -0.05) is 11.6 Å². The quantitative estimate of drug-likeness (QED) is 0.262. The van der Waals surface area contributed by atoms with Gasteiger partial charge in [0.25, 0.3) is 11.1 Å². The van der Waals surface area contributed by atoms with Crippen molar-refractivity contribution < 1.29 is 14.3 Å². The molecule has 9 heteroatoms. The van der Waals surface area contributed by atoms with Crippen molar-refractivity contribution in [2.45, 2.75) is 0 Å². The fourth-order valence-electron chi connectivity index (χ4n) is 2.21. The summed E-state index contributed by atoms with van der Waals surface area (Å²) >= 11 is 5.83. The molecule has 0 spiro atoms. The van der Waals surface area contributed by atoms with E-state index in [1.807, 2.05) is 0 Å². The van der Waals surface area contributed by atoms with Crippen molar-refractivity contribution in [3.63, 3.8) is 0 Å². The zero-order chi connectivity index (χ0) is 18.8. The summed E-state index contributed by atoms with van der Waals surface area (Å²) < 4.78 is 1.28. The fourth-order valence-corrected chi connectivity index (χ4v) is 2.39. The van der Waals surface area contributed by atoms with Crippen molar-refractivity contribution in [1.29, 1.82) is 0 Å². The first-order valence-electron chi connectivity index (χ1n) is 7.52. The summed E-state index contributed by atoms with van der Waals surface area (Å²) in [5.74, 6) is 0. The van der Waals surface area contributed by atoms with Crippen molar-refractivity contribution >= 4 is 33.4 Å². The van der Waals surface area contributed by atoms with Crippen LogP contribution in [-0.2, 0) is 0 Å². The largest absolute Gasteiger partial charge is 0.618 e. The van der Waals surface area contributed by atoms with Crippen LogP contribution >= 0.6 is 11.6 Å². The van der Waals surface area contributed by atoms with E-state index in [0.717, 1.165) is 11.0 Å². The molecule has 0 amide bonds. The molecule has 8 nitrogen and oxygen atoms in total. The molecule has 0 aliphatic rings. The van der Waals surface area contributed by atoms with E-state index < -0.39 is 11.1 Å². The number of aromatic amines is 2. The van der Waals surface area contributed by atoms with Gasteiger partial charge in [-0.2, -0.15) is 4.73 Å². The molecule has 3 N–H and O–H groups in total. The molecule has 0 atom stereocenters. The van der Waals surface area contributed by atoms with Crippen LogP contribution in [0.25, 0.3) is 21.8 Å². The Morgan fingerprint density at radius 3 is 2.36 bits per heavy atom. The van der Waals surface area contributed by atoms with Crippen LogP contribution in [-0.4, -0.2) is 54.1 Å². The van der Waals surface area contributed by atoms with E-state index in [0.29, 0.717) is 15.1 Å². The predicted molar refractivity (Wildman–Crippen MR) is 96.7 cm³/mol. The first-order chi connectivity index (χ1) is 11.6. The van der Waals surface area contributed by atoms with Gasteiger partial charge in [-0.15, -0.1) is 0 Å². The molecule has 0 aliphatic carbocycles. The van der Waals surface area contributed by atoms with E-state index in [2.05, 4.69) is 31.3 Å². The SMILES string of the molecule is C[N+](C)(C)CCO.O=c1[nH][nH]c(=O)c2c1cc1cc(Cl)ccc1[n+]2[O-]. The molecule has 0 saturated carbocycles. The Labute approximate surface area is 148 Å². The second-order valence-corrected chi connectivity index (χ2v) is 6.99. The molecule has 25 heavy (non-hydrogen) atoms. The normalized spacial score (nSPS) is 11.4. The number of hydrogen-bond acceptors (Lipinski definition) is 4. The second kappa shape index (κ2) is 7.22. The first-order valence-corrected chi connectivity index (χ1v) is 7.89. The van der Waals surface area contributed by atoms with E-state index in [9.17, 15) is 14.8 Å². The van der Waals surface area contributed by atoms with Gasteiger partial charge in [0.05, 0.1) is 27.7 Å². The average Bonchev–Trinajstić information content (AvgIpc) is 2.50. The average molecular weight is 368 g/mol. The summed E-state index contributed by atoms with van der Waals surface area (Å²) in [5, 5.41) is 25.7. The number of nitrogens with one attached hydrogen (secondary N) is 2. The first kappa shape index (κ1) is 18.9. The minimum Gasteiger partial charge on any atom is -0.618 e. The molecule has 0 fully saturated rings. The smallest absolute Gasteiger partial charge is 0.336 e. The third-order valence-electron chi connectivity index (χ3n) is 3.49. The Morgan fingerprint density at radius 2 is 1.80 bits per heavy atom. The minimum absolute atomic E-state index is 0.0310. The molecule has 2 aromatic heterocycles. The maximum atomic E-state index is 12.1. The number of rotatable bonds is 2. The van der Waals surface area contributed by atoms with Crippen molar-refractivity contribution in [2.24, 2.45) is 0 Å². The summed E-state index contributed by atoms with van der Waals surface area (Å²) in [6.45, 7) is 1.11. The lowest BCUT2D eigenvalue weighted by atomic mass is 10.1. The molecule has 0 aliphatic heterocycles. The third-order valence-corrected chi connectivity index (χ3v) is 3.72. The zero-order valence-electron chi connectivity index (χ0n) is 14.2. The molecular weight excluding hydrogens is 348 g/mol. The van der Waals surface area contributed by atoms with Crippen LogP contribution in [0, 0.1) is 5.21 Å². The number of halogens is 1. The van der Waals surface area contributed by atoms with Crippen molar-refractivity contribution in [3.05, 3.63) is 55.2 Å². The maximum Gasteiger partial charge on any atom is 0.336 e. The van der Waals surface area contributed by atoms with Crippen molar-refractivity contribution in [2.75, 3.05) is 34.3 Å². The highest BCUT2D eigenvalue weighted by molar-refractivity contribution is 6.31. The van der Waals surface area contributed by atoms with Crippen LogP contribution in [0.3, 0.4) is 0 Å². The summed E-state index contributed by atoms with van der Waals surface area (Å²) in [6, 6.07) is 6.08. The van der Waals surface area contributed by atoms with Crippen molar-refractivity contribution in [3.8, 4) is 0 Å². The van der Waals surface area contributed by atoms with E-state index in [1.54, 1.807) is 12.1 Å². The van der Waals surface area contributed by atoms with Gasteiger partial charge in [0.1, 0.15) is 11.9 Å². The van der Waals surface area contributed by atoms with Crippen LogP contribution in [0.2, 0.25) is 5.02 Å². The van der Waals surface area contributed by atoms with Gasteiger partial charge in [0.2, 0.25) is 5.52 Å². The highest BCUT2D eigenvalue weighted by atomic mass is 35.5. The number of hydrogen-bond donors (Lipinski definition) is 3. The molecule has 3 rings (SSSR count). The number of aromatic nitrogens is 3. The van der Waals surface area contributed by atoms with Gasteiger partial charge in [0, 0.05) is 16.5 Å². The summed E-state index contributed by atoms with van der Waals surface area (Å²) in [4.78, 5) is 23.2. The Kier molecular flexibility index (Phi) is 5.46. The number of pyridine rings is 1. The van der Waals surface area contributed by atoms with Crippen LogP contribution in [0.5, 0.6) is 0 Å². The van der Waals surface area contributed by atoms with Gasteiger partial charge in [-0.05, 0) is 18.2 Å². The van der Waals surface area contributed by atoms with E-state index in [1.165, 1.54) is 12.1 Å². The lowest BCUT2D eigenvalue weighted by molar-refractivity contribution is -0.870. The van der Waals surface area contributed by atoms with Crippen molar-refractivity contribution in [1.82, 2.24) is 10.2 Å². The molecule has 3 aromatic rings. The van der Waals surface area contributed by atoms with Crippen LogP contribution in [0.15, 0.2) is 33.9 Å². The Bertz CT molecular complexity index is 1020. The molecule has 134 valence electrons. The number of quaternary nitrogens is 1. The molecule has 0 unspecified atom stereocenters. The maximum absolute atomic E-state index is 12.1. The Balaban J connectivity index is 0.000000277. The van der Waals surface area contributed by atoms with E-state index in [-0.39, 0.29) is 23.0 Å². The minimum atomic E-state index is -0.642. The predicted octanol–water partition coefficient (Wildman–Crippen LogP) is 0.341. The zero-order valence-corrected chi connectivity index (χ0v) is 14.9. The van der Waals surface area contributed by atoms with E-state index >= 15 is 0 Å². The Morgan fingerprint density at radius 1 is 1.16 bits per heavy atom. The van der Waals surface area contributed by atoms with Crippen LogP contribution < -0.4 is 15.8 Å². The fraction of sp³-hybridized carbons (Fsp3) is 0.312. The topological polar surface area (TPSA) is 113 Å². The van der Waals surface area contributed by atoms with E-state index in [4.69, 9.17) is 16.7 Å². The molecular formula is C16H20ClN4O4+. The number of benzene rings is 1. The Hall–Kier alpha value is -2.42. The number of likely N-dealkylation sites (N-methyl/N-ethyl adjacent to an activating group) is 1. The van der Waals surface area contributed by atoms with Gasteiger partial charge >= 0.3 is 5.56 Å². The number of aliphatic hydroxyl groups is 1. The van der Waals surface area contributed by atoms with Gasteiger partial charge in [0.15, 0.2) is 0 Å². The second-order valence-electron chi connectivity index (χ2n) is 6.55. The third kappa shape index (κ3) is 4.36. The summed E-state index contributed by atoms with van der Waals surface area (Å²) in [5.41, 5.74) is -1.11. The lowest BCUT2D eigenvalue weighted by Gasteiger charge is -2.21.